The predicted octanol–water partition coefficient (Wildman–Crippen LogP) is 4.80. The van der Waals surface area contributed by atoms with E-state index in [4.69, 9.17) is 11.6 Å². The zero-order chi connectivity index (χ0) is 16.2. The highest BCUT2D eigenvalue weighted by atomic mass is 35.5. The van der Waals surface area contributed by atoms with Gasteiger partial charge in [-0.25, -0.2) is 0 Å². The van der Waals surface area contributed by atoms with Crippen molar-refractivity contribution in [1.82, 2.24) is 4.57 Å². The Balaban J connectivity index is 2.11. The third kappa shape index (κ3) is 1.77. The van der Waals surface area contributed by atoms with Crippen LogP contribution in [0.2, 0.25) is 0 Å². The number of carbonyl (C=O) groups is 2. The second kappa shape index (κ2) is 4.93. The first-order valence-electron chi connectivity index (χ1n) is 7.90. The van der Waals surface area contributed by atoms with E-state index in [0.717, 1.165) is 29.1 Å². The first kappa shape index (κ1) is 14.5. The summed E-state index contributed by atoms with van der Waals surface area (Å²) in [7, 11) is 0. The van der Waals surface area contributed by atoms with Gasteiger partial charge in [-0.15, -0.1) is 0 Å². The Morgan fingerprint density at radius 1 is 1.04 bits per heavy atom. The Labute approximate surface area is 138 Å². The van der Waals surface area contributed by atoms with Crippen molar-refractivity contribution in [2.24, 2.45) is 0 Å². The highest BCUT2D eigenvalue weighted by Gasteiger charge is 2.49. The van der Waals surface area contributed by atoms with Crippen LogP contribution in [0.15, 0.2) is 42.5 Å². The van der Waals surface area contributed by atoms with Gasteiger partial charge in [0.05, 0.1) is 11.0 Å². The first-order chi connectivity index (χ1) is 11.1. The van der Waals surface area contributed by atoms with Crippen LogP contribution in [0.4, 0.5) is 0 Å². The fraction of sp³-hybridized carbons (Fsp3) is 0.263. The van der Waals surface area contributed by atoms with E-state index < -0.39 is 4.87 Å². The molecule has 0 bridgehead atoms. The number of rotatable bonds is 3. The Bertz CT molecular complexity index is 972. The van der Waals surface area contributed by atoms with Gasteiger partial charge in [0, 0.05) is 16.3 Å². The molecule has 0 amide bonds. The van der Waals surface area contributed by atoms with Crippen LogP contribution in [0.3, 0.4) is 0 Å². The van der Waals surface area contributed by atoms with Gasteiger partial charge >= 0.3 is 0 Å². The molecule has 3 nitrogen and oxygen atoms in total. The summed E-state index contributed by atoms with van der Waals surface area (Å²) in [6.45, 7) is 2.02. The average Bonchev–Trinajstić information content (AvgIpc) is 2.92. The third-order valence-corrected chi connectivity index (χ3v) is 5.24. The van der Waals surface area contributed by atoms with Gasteiger partial charge in [0.2, 0.25) is 0 Å². The Hall–Kier alpha value is -2.13. The number of alkyl halides is 1. The fourth-order valence-corrected chi connectivity index (χ4v) is 3.86. The molecule has 4 rings (SSSR count). The van der Waals surface area contributed by atoms with Gasteiger partial charge in [-0.05, 0) is 18.6 Å². The summed E-state index contributed by atoms with van der Waals surface area (Å²) < 4.78 is 1.64. The zero-order valence-corrected chi connectivity index (χ0v) is 13.6. The van der Waals surface area contributed by atoms with E-state index >= 15 is 0 Å². The second-order valence-electron chi connectivity index (χ2n) is 6.09. The molecule has 0 fully saturated rings. The van der Waals surface area contributed by atoms with E-state index in [1.165, 1.54) is 0 Å². The van der Waals surface area contributed by atoms with Crippen LogP contribution in [0.5, 0.6) is 0 Å². The monoisotopic (exact) mass is 325 g/mol. The number of Topliss-reactive ketones (excluding diaryl/α,β-unsaturated/α-hetero) is 1. The number of para-hydroxylation sites is 2. The standard InChI is InChI=1S/C19H16ClNO2/c1-2-3-11-19(20)17(22)14-9-6-8-13-12-7-4-5-10-15(12)21(16(13)14)18(19)23/h4-10H,2-3,11H2,1H3/t19-/m1/s1. The number of hydrogen-bond donors (Lipinski definition) is 0. The third-order valence-electron chi connectivity index (χ3n) is 4.72. The van der Waals surface area contributed by atoms with Crippen molar-refractivity contribution in [3.8, 4) is 0 Å². The van der Waals surface area contributed by atoms with E-state index in [0.29, 0.717) is 17.5 Å². The molecular formula is C19H16ClNO2. The van der Waals surface area contributed by atoms with Gasteiger partial charge in [-0.2, -0.15) is 0 Å². The summed E-state index contributed by atoms with van der Waals surface area (Å²) in [5.74, 6) is -0.582. The molecule has 1 aliphatic rings. The molecule has 0 spiro atoms. The van der Waals surface area contributed by atoms with Crippen molar-refractivity contribution >= 4 is 45.1 Å². The summed E-state index contributed by atoms with van der Waals surface area (Å²) in [5, 5.41) is 1.90. The van der Waals surface area contributed by atoms with Crippen molar-refractivity contribution in [3.63, 3.8) is 0 Å². The first-order valence-corrected chi connectivity index (χ1v) is 8.28. The van der Waals surface area contributed by atoms with E-state index in [1.54, 1.807) is 10.6 Å². The van der Waals surface area contributed by atoms with Crippen LogP contribution in [0.1, 0.15) is 41.3 Å². The van der Waals surface area contributed by atoms with Crippen LogP contribution in [-0.4, -0.2) is 21.1 Å². The van der Waals surface area contributed by atoms with Gasteiger partial charge in [-0.3, -0.25) is 14.2 Å². The topological polar surface area (TPSA) is 39.1 Å². The van der Waals surface area contributed by atoms with E-state index in [-0.39, 0.29) is 11.7 Å². The fourth-order valence-electron chi connectivity index (χ4n) is 3.54. The van der Waals surface area contributed by atoms with E-state index in [2.05, 4.69) is 0 Å². The number of benzene rings is 2. The molecule has 1 atom stereocenters. The quantitative estimate of drug-likeness (QED) is 0.512. The zero-order valence-electron chi connectivity index (χ0n) is 12.8. The van der Waals surface area contributed by atoms with Crippen LogP contribution >= 0.6 is 11.6 Å². The maximum Gasteiger partial charge on any atom is 0.260 e. The summed E-state index contributed by atoms with van der Waals surface area (Å²) >= 11 is 6.60. The number of ketones is 1. The summed E-state index contributed by atoms with van der Waals surface area (Å²) in [6, 6.07) is 13.3. The highest BCUT2D eigenvalue weighted by molar-refractivity contribution is 6.52. The summed E-state index contributed by atoms with van der Waals surface area (Å²) in [5.41, 5.74) is 2.05. The average molecular weight is 326 g/mol. The van der Waals surface area contributed by atoms with Gasteiger partial charge < -0.3 is 0 Å². The van der Waals surface area contributed by atoms with Crippen molar-refractivity contribution in [2.45, 2.75) is 31.1 Å². The number of hydrogen-bond acceptors (Lipinski definition) is 2. The van der Waals surface area contributed by atoms with Crippen molar-refractivity contribution in [1.29, 1.82) is 0 Å². The SMILES string of the molecule is CCCC[C@@]1(Cl)C(=O)c2cccc3c4ccccc4n(c23)C1=O. The molecule has 23 heavy (non-hydrogen) atoms. The van der Waals surface area contributed by atoms with Crippen LogP contribution in [0, 0.1) is 0 Å². The maximum atomic E-state index is 13.1. The predicted molar refractivity (Wildman–Crippen MR) is 92.5 cm³/mol. The maximum absolute atomic E-state index is 13.1. The molecule has 0 saturated heterocycles. The Kier molecular flexibility index (Phi) is 3.10. The minimum atomic E-state index is -1.49. The second-order valence-corrected chi connectivity index (χ2v) is 6.74. The van der Waals surface area contributed by atoms with Crippen molar-refractivity contribution in [2.75, 3.05) is 0 Å². The summed E-state index contributed by atoms with van der Waals surface area (Å²) in [6.07, 6.45) is 2.00. The Morgan fingerprint density at radius 3 is 2.57 bits per heavy atom. The molecular weight excluding hydrogens is 310 g/mol. The van der Waals surface area contributed by atoms with Gasteiger partial charge in [0.15, 0.2) is 10.7 Å². The molecule has 0 aliphatic carbocycles. The number of fused-ring (bicyclic) bond motifs is 3. The highest BCUT2D eigenvalue weighted by Crippen LogP contribution is 2.41. The largest absolute Gasteiger partial charge is 0.291 e. The van der Waals surface area contributed by atoms with Crippen LogP contribution in [0.25, 0.3) is 21.8 Å². The molecule has 2 heterocycles. The molecule has 2 aromatic carbocycles. The van der Waals surface area contributed by atoms with Gasteiger partial charge in [0.25, 0.3) is 5.91 Å². The Morgan fingerprint density at radius 2 is 1.78 bits per heavy atom. The van der Waals surface area contributed by atoms with Crippen molar-refractivity contribution in [3.05, 3.63) is 48.0 Å². The molecule has 0 radical (unpaired) electrons. The number of nitrogens with zero attached hydrogens (tertiary/aromatic N) is 1. The normalized spacial score (nSPS) is 20.6. The van der Waals surface area contributed by atoms with E-state index in [1.807, 2.05) is 43.3 Å². The molecule has 1 aromatic heterocycles. The lowest BCUT2D eigenvalue weighted by Gasteiger charge is -2.29. The molecule has 0 saturated carbocycles. The molecule has 1 aliphatic heterocycles. The molecule has 4 heteroatoms. The lowest BCUT2D eigenvalue weighted by Crippen LogP contribution is -2.47. The van der Waals surface area contributed by atoms with E-state index in [9.17, 15) is 9.59 Å². The number of carbonyl (C=O) groups excluding carboxylic acids is 2. The molecule has 116 valence electrons. The lowest BCUT2D eigenvalue weighted by molar-refractivity contribution is 0.0765. The number of unbranched alkanes of at least 4 members (excludes halogenated alkanes) is 1. The van der Waals surface area contributed by atoms with Gasteiger partial charge in [-0.1, -0.05) is 61.7 Å². The minimum absolute atomic E-state index is 0.265. The lowest BCUT2D eigenvalue weighted by atomic mass is 9.87. The summed E-state index contributed by atoms with van der Waals surface area (Å²) in [4.78, 5) is 24.6. The molecule has 3 aromatic rings. The van der Waals surface area contributed by atoms with Crippen LogP contribution in [-0.2, 0) is 0 Å². The molecule has 0 unspecified atom stereocenters. The number of halogens is 1. The molecule has 0 N–H and O–H groups in total. The number of aromatic nitrogens is 1. The van der Waals surface area contributed by atoms with Gasteiger partial charge in [0.1, 0.15) is 0 Å². The minimum Gasteiger partial charge on any atom is -0.291 e. The van der Waals surface area contributed by atoms with Crippen LogP contribution < -0.4 is 0 Å². The van der Waals surface area contributed by atoms with Crippen molar-refractivity contribution < 1.29 is 9.59 Å². The smallest absolute Gasteiger partial charge is 0.260 e.